The van der Waals surface area contributed by atoms with E-state index in [1.165, 1.54) is 9.13 Å². The summed E-state index contributed by atoms with van der Waals surface area (Å²) in [5.41, 5.74) is 2.32. The normalized spacial score (nSPS) is 12.9. The van der Waals surface area contributed by atoms with E-state index in [-0.39, 0.29) is 6.10 Å². The predicted octanol–water partition coefficient (Wildman–Crippen LogP) is 3.43. The van der Waals surface area contributed by atoms with E-state index in [9.17, 15) is 5.11 Å². The Hall–Kier alpha value is -0.0900. The minimum atomic E-state index is -0.295. The summed E-state index contributed by atoms with van der Waals surface area (Å²) in [6, 6.07) is 6.09. The molecular weight excluding hydrogens is 275 g/mol. The van der Waals surface area contributed by atoms with Gasteiger partial charge in [-0.15, -0.1) is 0 Å². The third-order valence-corrected chi connectivity index (χ3v) is 3.62. The number of hydrogen-bond donors (Lipinski definition) is 1. The van der Waals surface area contributed by atoms with Gasteiger partial charge in [-0.05, 0) is 47.1 Å². The van der Waals surface area contributed by atoms with Crippen molar-refractivity contribution in [2.45, 2.75) is 32.8 Å². The second-order valence-electron chi connectivity index (χ2n) is 3.28. The lowest BCUT2D eigenvalue weighted by Crippen LogP contribution is -2.00. The van der Waals surface area contributed by atoms with Gasteiger partial charge in [-0.3, -0.25) is 0 Å². The Kier molecular flexibility index (Phi) is 4.19. The topological polar surface area (TPSA) is 20.2 Å². The lowest BCUT2D eigenvalue weighted by atomic mass is 10.0. The largest absolute Gasteiger partial charge is 0.388 e. The van der Waals surface area contributed by atoms with Crippen LogP contribution in [0.1, 0.15) is 37.0 Å². The Morgan fingerprint density at radius 3 is 2.77 bits per heavy atom. The smallest absolute Gasteiger partial charge is 0.0800 e. The number of halogens is 1. The summed E-state index contributed by atoms with van der Waals surface area (Å²) < 4.78 is 1.20. The zero-order chi connectivity index (χ0) is 9.84. The first kappa shape index (κ1) is 11.0. The Morgan fingerprint density at radius 1 is 1.46 bits per heavy atom. The highest BCUT2D eigenvalue weighted by Crippen LogP contribution is 2.25. The molecule has 1 rings (SSSR count). The van der Waals surface area contributed by atoms with Crippen molar-refractivity contribution >= 4 is 22.6 Å². The van der Waals surface area contributed by atoms with Gasteiger partial charge in [0.05, 0.1) is 6.10 Å². The Bertz CT molecular complexity index is 283. The van der Waals surface area contributed by atoms with Gasteiger partial charge in [0.15, 0.2) is 0 Å². The molecule has 1 nitrogen and oxygen atoms in total. The molecule has 0 radical (unpaired) electrons. The van der Waals surface area contributed by atoms with Crippen LogP contribution in [0.4, 0.5) is 0 Å². The Labute approximate surface area is 93.3 Å². The highest BCUT2D eigenvalue weighted by Gasteiger charge is 2.10. The van der Waals surface area contributed by atoms with Gasteiger partial charge in [-0.2, -0.15) is 0 Å². The van der Waals surface area contributed by atoms with Gasteiger partial charge >= 0.3 is 0 Å². The number of rotatable bonds is 3. The van der Waals surface area contributed by atoms with E-state index in [2.05, 4.69) is 42.5 Å². The minimum Gasteiger partial charge on any atom is -0.388 e. The van der Waals surface area contributed by atoms with Crippen LogP contribution in [0.5, 0.6) is 0 Å². The Balaban J connectivity index is 2.93. The quantitative estimate of drug-likeness (QED) is 0.846. The van der Waals surface area contributed by atoms with Crippen molar-refractivity contribution in [3.63, 3.8) is 0 Å². The number of hydrogen-bond acceptors (Lipinski definition) is 1. The van der Waals surface area contributed by atoms with Gasteiger partial charge < -0.3 is 5.11 Å². The first-order valence-corrected chi connectivity index (χ1v) is 5.67. The second kappa shape index (κ2) is 4.96. The lowest BCUT2D eigenvalue weighted by molar-refractivity contribution is 0.165. The van der Waals surface area contributed by atoms with Crippen LogP contribution in [0.3, 0.4) is 0 Å². The SMILES string of the molecule is CCCC(O)c1cccc(C)c1I. The molecule has 0 aromatic heterocycles. The van der Waals surface area contributed by atoms with Crippen LogP contribution >= 0.6 is 22.6 Å². The zero-order valence-corrected chi connectivity index (χ0v) is 10.2. The molecule has 0 heterocycles. The fraction of sp³-hybridized carbons (Fsp3) is 0.455. The maximum Gasteiger partial charge on any atom is 0.0800 e. The van der Waals surface area contributed by atoms with Crippen LogP contribution in [0, 0.1) is 10.5 Å². The summed E-state index contributed by atoms with van der Waals surface area (Å²) in [6.07, 6.45) is 1.57. The van der Waals surface area contributed by atoms with Crippen molar-refractivity contribution in [3.05, 3.63) is 32.9 Å². The number of aliphatic hydroxyl groups excluding tert-OH is 1. The molecular formula is C11H15IO. The molecule has 72 valence electrons. The Morgan fingerprint density at radius 2 is 2.15 bits per heavy atom. The lowest BCUT2D eigenvalue weighted by Gasteiger charge is -2.12. The van der Waals surface area contributed by atoms with Crippen molar-refractivity contribution in [1.82, 2.24) is 0 Å². The van der Waals surface area contributed by atoms with Gasteiger partial charge in [-0.1, -0.05) is 31.5 Å². The number of benzene rings is 1. The molecule has 0 aliphatic heterocycles. The monoisotopic (exact) mass is 290 g/mol. The molecule has 0 saturated carbocycles. The summed E-state index contributed by atoms with van der Waals surface area (Å²) >= 11 is 2.30. The average molecular weight is 290 g/mol. The average Bonchev–Trinajstić information content (AvgIpc) is 2.10. The molecule has 1 unspecified atom stereocenters. The van der Waals surface area contributed by atoms with E-state index in [0.717, 1.165) is 18.4 Å². The fourth-order valence-electron chi connectivity index (χ4n) is 1.36. The van der Waals surface area contributed by atoms with Gasteiger partial charge in [0.2, 0.25) is 0 Å². The van der Waals surface area contributed by atoms with E-state index in [0.29, 0.717) is 0 Å². The maximum absolute atomic E-state index is 9.82. The summed E-state index contributed by atoms with van der Waals surface area (Å²) in [4.78, 5) is 0. The van der Waals surface area contributed by atoms with Gasteiger partial charge in [0, 0.05) is 3.57 Å². The van der Waals surface area contributed by atoms with E-state index >= 15 is 0 Å². The highest BCUT2D eigenvalue weighted by atomic mass is 127. The second-order valence-corrected chi connectivity index (χ2v) is 4.36. The first-order valence-electron chi connectivity index (χ1n) is 4.60. The van der Waals surface area contributed by atoms with E-state index in [4.69, 9.17) is 0 Å². The van der Waals surface area contributed by atoms with Crippen LogP contribution < -0.4 is 0 Å². The van der Waals surface area contributed by atoms with Crippen molar-refractivity contribution in [1.29, 1.82) is 0 Å². The maximum atomic E-state index is 9.82. The molecule has 0 fully saturated rings. The summed E-state index contributed by atoms with van der Waals surface area (Å²) in [5, 5.41) is 9.82. The van der Waals surface area contributed by atoms with Crippen LogP contribution in [0.2, 0.25) is 0 Å². The van der Waals surface area contributed by atoms with Crippen LogP contribution in [0.15, 0.2) is 18.2 Å². The van der Waals surface area contributed by atoms with Crippen LogP contribution in [0.25, 0.3) is 0 Å². The molecule has 13 heavy (non-hydrogen) atoms. The van der Waals surface area contributed by atoms with Gasteiger partial charge in [-0.25, -0.2) is 0 Å². The number of aryl methyl sites for hydroxylation is 1. The van der Waals surface area contributed by atoms with Crippen LogP contribution in [-0.2, 0) is 0 Å². The molecule has 0 spiro atoms. The summed E-state index contributed by atoms with van der Waals surface area (Å²) in [5.74, 6) is 0. The summed E-state index contributed by atoms with van der Waals surface area (Å²) in [6.45, 7) is 4.16. The standard InChI is InChI=1S/C11H15IO/c1-3-5-10(13)9-7-4-6-8(2)11(9)12/h4,6-7,10,13H,3,5H2,1-2H3. The van der Waals surface area contributed by atoms with Crippen LogP contribution in [-0.4, -0.2) is 5.11 Å². The molecule has 0 aliphatic rings. The molecule has 1 aromatic rings. The van der Waals surface area contributed by atoms with Crippen molar-refractivity contribution < 1.29 is 5.11 Å². The molecule has 0 saturated heterocycles. The van der Waals surface area contributed by atoms with Crippen molar-refractivity contribution in [3.8, 4) is 0 Å². The van der Waals surface area contributed by atoms with E-state index in [1.54, 1.807) is 0 Å². The zero-order valence-electron chi connectivity index (χ0n) is 8.05. The molecule has 0 aliphatic carbocycles. The van der Waals surface area contributed by atoms with Gasteiger partial charge in [0.25, 0.3) is 0 Å². The molecule has 2 heteroatoms. The van der Waals surface area contributed by atoms with Crippen molar-refractivity contribution in [2.75, 3.05) is 0 Å². The van der Waals surface area contributed by atoms with Gasteiger partial charge in [0.1, 0.15) is 0 Å². The molecule has 1 N–H and O–H groups in total. The van der Waals surface area contributed by atoms with Crippen molar-refractivity contribution in [2.24, 2.45) is 0 Å². The molecule has 1 atom stereocenters. The minimum absolute atomic E-state index is 0.295. The highest BCUT2D eigenvalue weighted by molar-refractivity contribution is 14.1. The van der Waals surface area contributed by atoms with E-state index < -0.39 is 0 Å². The van der Waals surface area contributed by atoms with E-state index in [1.807, 2.05) is 12.1 Å². The fourth-order valence-corrected chi connectivity index (χ4v) is 2.08. The molecule has 0 amide bonds. The summed E-state index contributed by atoms with van der Waals surface area (Å²) in [7, 11) is 0. The molecule has 1 aromatic carbocycles. The third-order valence-electron chi connectivity index (χ3n) is 2.14. The third kappa shape index (κ3) is 2.68. The first-order chi connectivity index (χ1) is 6.16. The predicted molar refractivity (Wildman–Crippen MR) is 63.8 cm³/mol. The molecule has 0 bridgehead atoms. The number of aliphatic hydroxyl groups is 1.